The Morgan fingerprint density at radius 2 is 1.72 bits per heavy atom. The summed E-state index contributed by atoms with van der Waals surface area (Å²) in [6.07, 6.45) is 2.66. The molecule has 2 aromatic rings. The van der Waals surface area contributed by atoms with E-state index >= 15 is 4.39 Å². The van der Waals surface area contributed by atoms with Gasteiger partial charge in [0, 0.05) is 5.56 Å². The van der Waals surface area contributed by atoms with Crippen molar-refractivity contribution in [3.63, 3.8) is 0 Å². The van der Waals surface area contributed by atoms with Crippen molar-refractivity contribution in [3.05, 3.63) is 52.3 Å². The molecule has 0 aromatic heterocycles. The predicted molar refractivity (Wildman–Crippen MR) is 134 cm³/mol. The standard InChI is InChI=1S/C26H30FNO2S2/c1-14-9-18-19(26(4,5)8-7-25(18,2)3)13-16(14)17-10-15(11-20(27)22(17)30-6)12-21-23(29)28-24(31)32-21/h9-11,13,21H,7-8,12H2,1-6H3,(H,28,29,31). The predicted octanol–water partition coefficient (Wildman–Crippen LogP) is 6.22. The average molecular weight is 472 g/mol. The van der Waals surface area contributed by atoms with Crippen LogP contribution in [0.5, 0.6) is 5.75 Å². The number of halogens is 1. The van der Waals surface area contributed by atoms with Gasteiger partial charge in [0.15, 0.2) is 11.6 Å². The number of rotatable bonds is 4. The molecule has 170 valence electrons. The van der Waals surface area contributed by atoms with Crippen LogP contribution >= 0.6 is 24.0 Å². The Kier molecular flexibility index (Phi) is 5.91. The second-order valence-electron chi connectivity index (χ2n) is 10.2. The van der Waals surface area contributed by atoms with Crippen LogP contribution in [0.2, 0.25) is 0 Å². The van der Waals surface area contributed by atoms with Gasteiger partial charge in [0.25, 0.3) is 0 Å². The van der Waals surface area contributed by atoms with E-state index in [0.29, 0.717) is 10.7 Å². The van der Waals surface area contributed by atoms with Gasteiger partial charge >= 0.3 is 0 Å². The van der Waals surface area contributed by atoms with E-state index in [2.05, 4.69) is 52.1 Å². The molecule has 32 heavy (non-hydrogen) atoms. The number of methoxy groups -OCH3 is 1. The van der Waals surface area contributed by atoms with Crippen molar-refractivity contribution in [1.29, 1.82) is 0 Å². The van der Waals surface area contributed by atoms with Gasteiger partial charge in [0.2, 0.25) is 5.91 Å². The first-order valence-corrected chi connectivity index (χ1v) is 12.3. The van der Waals surface area contributed by atoms with Crippen LogP contribution < -0.4 is 10.1 Å². The lowest BCUT2D eigenvalue weighted by Crippen LogP contribution is -2.34. The summed E-state index contributed by atoms with van der Waals surface area (Å²) in [4.78, 5) is 12.2. The number of thiocarbonyl (C=S) groups is 1. The number of benzene rings is 2. The fourth-order valence-corrected chi connectivity index (χ4v) is 6.24. The lowest BCUT2D eigenvalue weighted by atomic mass is 9.62. The van der Waals surface area contributed by atoms with E-state index in [1.54, 1.807) is 0 Å². The Hall–Kier alpha value is -1.92. The zero-order chi connectivity index (χ0) is 23.4. The van der Waals surface area contributed by atoms with Crippen LogP contribution in [0.3, 0.4) is 0 Å². The number of thioether (sulfide) groups is 1. The van der Waals surface area contributed by atoms with Gasteiger partial charge < -0.3 is 10.1 Å². The number of amides is 1. The summed E-state index contributed by atoms with van der Waals surface area (Å²) in [5.74, 6) is -0.293. The quantitative estimate of drug-likeness (QED) is 0.538. The van der Waals surface area contributed by atoms with Gasteiger partial charge in [-0.25, -0.2) is 4.39 Å². The smallest absolute Gasteiger partial charge is 0.239 e. The van der Waals surface area contributed by atoms with E-state index in [9.17, 15) is 4.79 Å². The van der Waals surface area contributed by atoms with E-state index in [4.69, 9.17) is 17.0 Å². The SMILES string of the molecule is COc1c(F)cc(CC2SC(=S)NC2=O)cc1-c1cc2c(cc1C)C(C)(C)CCC2(C)C. The zero-order valence-corrected chi connectivity index (χ0v) is 21.2. The number of hydrogen-bond acceptors (Lipinski definition) is 4. The molecule has 2 aromatic carbocycles. The van der Waals surface area contributed by atoms with E-state index in [-0.39, 0.29) is 27.7 Å². The second-order valence-corrected chi connectivity index (χ2v) is 12.1. The molecule has 0 radical (unpaired) electrons. The maximum Gasteiger partial charge on any atom is 0.239 e. The first-order chi connectivity index (χ1) is 14.9. The molecule has 2 aliphatic rings. The Morgan fingerprint density at radius 3 is 2.28 bits per heavy atom. The first-order valence-electron chi connectivity index (χ1n) is 11.0. The number of carbonyl (C=O) groups is 1. The number of ether oxygens (including phenoxy) is 1. The maximum absolute atomic E-state index is 15.1. The molecule has 0 bridgehead atoms. The third-order valence-electron chi connectivity index (χ3n) is 6.98. The third-order valence-corrected chi connectivity index (χ3v) is 8.36. The highest BCUT2D eigenvalue weighted by Crippen LogP contribution is 2.48. The van der Waals surface area contributed by atoms with Gasteiger partial charge in [0.05, 0.1) is 12.4 Å². The van der Waals surface area contributed by atoms with E-state index in [0.717, 1.165) is 35.1 Å². The van der Waals surface area contributed by atoms with Crippen LogP contribution in [0, 0.1) is 12.7 Å². The molecule has 1 aliphatic carbocycles. The Balaban J connectivity index is 1.85. The molecule has 1 aliphatic heterocycles. The van der Waals surface area contributed by atoms with Crippen molar-refractivity contribution in [2.24, 2.45) is 0 Å². The van der Waals surface area contributed by atoms with Crippen LogP contribution in [-0.4, -0.2) is 22.6 Å². The summed E-state index contributed by atoms with van der Waals surface area (Å²) >= 11 is 6.43. The van der Waals surface area contributed by atoms with E-state index in [1.165, 1.54) is 36.1 Å². The molecular formula is C26H30FNO2S2. The number of aryl methyl sites for hydroxylation is 1. The summed E-state index contributed by atoms with van der Waals surface area (Å²) in [6, 6.07) is 7.94. The summed E-state index contributed by atoms with van der Waals surface area (Å²) in [6.45, 7) is 11.3. The Bertz CT molecular complexity index is 1120. The normalized spacial score (nSPS) is 21.3. The van der Waals surface area contributed by atoms with Gasteiger partial charge in [-0.15, -0.1) is 0 Å². The van der Waals surface area contributed by atoms with Gasteiger partial charge in [-0.2, -0.15) is 0 Å². The average Bonchev–Trinajstić information content (AvgIpc) is 3.01. The fraction of sp³-hybridized carbons (Fsp3) is 0.462. The molecule has 1 heterocycles. The highest BCUT2D eigenvalue weighted by molar-refractivity contribution is 8.24. The van der Waals surface area contributed by atoms with Gasteiger partial charge in [-0.1, -0.05) is 57.7 Å². The fourth-order valence-electron chi connectivity index (χ4n) is 4.93. The van der Waals surface area contributed by atoms with Crippen molar-refractivity contribution >= 4 is 34.2 Å². The topological polar surface area (TPSA) is 38.3 Å². The van der Waals surface area contributed by atoms with Crippen molar-refractivity contribution in [1.82, 2.24) is 5.32 Å². The largest absolute Gasteiger partial charge is 0.493 e. The summed E-state index contributed by atoms with van der Waals surface area (Å²) in [5.41, 5.74) is 6.41. The van der Waals surface area contributed by atoms with Crippen LogP contribution in [-0.2, 0) is 22.0 Å². The highest BCUT2D eigenvalue weighted by atomic mass is 32.2. The Morgan fingerprint density at radius 1 is 1.09 bits per heavy atom. The molecule has 6 heteroatoms. The second kappa shape index (κ2) is 8.14. The van der Waals surface area contributed by atoms with Crippen molar-refractivity contribution in [3.8, 4) is 16.9 Å². The number of fused-ring (bicyclic) bond motifs is 1. The van der Waals surface area contributed by atoms with Crippen LogP contribution in [0.25, 0.3) is 11.1 Å². The minimum Gasteiger partial charge on any atom is -0.493 e. The zero-order valence-electron chi connectivity index (χ0n) is 19.5. The molecule has 0 spiro atoms. The number of hydrogen-bond donors (Lipinski definition) is 1. The van der Waals surface area contributed by atoms with Crippen molar-refractivity contribution < 1.29 is 13.9 Å². The summed E-state index contributed by atoms with van der Waals surface area (Å²) in [5, 5.41) is 2.33. The molecule has 1 N–H and O–H groups in total. The van der Waals surface area contributed by atoms with Crippen molar-refractivity contribution in [2.75, 3.05) is 7.11 Å². The molecule has 1 saturated heterocycles. The minimum atomic E-state index is -0.414. The monoisotopic (exact) mass is 471 g/mol. The molecule has 3 nitrogen and oxygen atoms in total. The van der Waals surface area contributed by atoms with Crippen LogP contribution in [0.1, 0.15) is 62.8 Å². The highest BCUT2D eigenvalue weighted by Gasteiger charge is 2.38. The summed E-state index contributed by atoms with van der Waals surface area (Å²) in [7, 11) is 1.50. The molecule has 1 amide bonds. The molecule has 1 atom stereocenters. The molecule has 4 rings (SSSR count). The Labute approximate surface area is 199 Å². The van der Waals surface area contributed by atoms with Crippen LogP contribution in [0.4, 0.5) is 4.39 Å². The van der Waals surface area contributed by atoms with E-state index < -0.39 is 5.82 Å². The van der Waals surface area contributed by atoms with E-state index in [1.807, 2.05) is 6.07 Å². The molecule has 0 saturated carbocycles. The maximum atomic E-state index is 15.1. The number of carbonyl (C=O) groups excluding carboxylic acids is 1. The minimum absolute atomic E-state index is 0.0466. The van der Waals surface area contributed by atoms with Gasteiger partial charge in [-0.3, -0.25) is 4.79 Å². The lowest BCUT2D eigenvalue weighted by molar-refractivity contribution is -0.118. The summed E-state index contributed by atoms with van der Waals surface area (Å²) < 4.78 is 21.1. The lowest BCUT2D eigenvalue weighted by Gasteiger charge is -2.42. The van der Waals surface area contributed by atoms with Crippen molar-refractivity contribution in [2.45, 2.75) is 70.0 Å². The first kappa shape index (κ1) is 23.2. The molecule has 1 unspecified atom stereocenters. The van der Waals surface area contributed by atoms with Crippen LogP contribution in [0.15, 0.2) is 24.3 Å². The molecule has 1 fully saturated rings. The number of nitrogens with one attached hydrogen (secondary N) is 1. The molecular weight excluding hydrogens is 441 g/mol. The van der Waals surface area contributed by atoms with Gasteiger partial charge in [-0.05, 0) is 83.0 Å². The van der Waals surface area contributed by atoms with Gasteiger partial charge in [0.1, 0.15) is 4.32 Å². The third kappa shape index (κ3) is 4.08.